The number of aliphatic carboxylic acids is 1. The number of hydrogen-bond donors (Lipinski definition) is 1. The second-order valence-electron chi connectivity index (χ2n) is 2.15. The Labute approximate surface area is 65.0 Å². The summed E-state index contributed by atoms with van der Waals surface area (Å²) in [5.41, 5.74) is 0.444. The number of ketones is 1. The quantitative estimate of drug-likeness (QED) is 0.618. The minimum absolute atomic E-state index is 0.113. The van der Waals surface area contributed by atoms with Crippen molar-refractivity contribution in [2.24, 2.45) is 0 Å². The van der Waals surface area contributed by atoms with Crippen molar-refractivity contribution in [3.63, 3.8) is 0 Å². The van der Waals surface area contributed by atoms with E-state index in [4.69, 9.17) is 5.11 Å². The SMILES string of the molecule is C=C(C)C(=O)CC=CC(=O)O. The molecule has 0 aromatic rings. The van der Waals surface area contributed by atoms with Crippen LogP contribution in [0.4, 0.5) is 0 Å². The lowest BCUT2D eigenvalue weighted by atomic mass is 10.1. The van der Waals surface area contributed by atoms with Crippen molar-refractivity contribution in [1.29, 1.82) is 0 Å². The molecule has 0 aromatic heterocycles. The summed E-state index contributed by atoms with van der Waals surface area (Å²) in [4.78, 5) is 20.7. The Morgan fingerprint density at radius 1 is 1.55 bits per heavy atom. The van der Waals surface area contributed by atoms with Crippen molar-refractivity contribution in [2.75, 3.05) is 0 Å². The van der Waals surface area contributed by atoms with Gasteiger partial charge in [-0.05, 0) is 12.5 Å². The van der Waals surface area contributed by atoms with Crippen LogP contribution >= 0.6 is 0 Å². The van der Waals surface area contributed by atoms with Crippen molar-refractivity contribution in [3.8, 4) is 0 Å². The van der Waals surface area contributed by atoms with E-state index in [0.29, 0.717) is 5.57 Å². The maximum absolute atomic E-state index is 10.8. The van der Waals surface area contributed by atoms with Crippen molar-refractivity contribution < 1.29 is 14.7 Å². The highest BCUT2D eigenvalue weighted by atomic mass is 16.4. The number of rotatable bonds is 4. The van der Waals surface area contributed by atoms with E-state index < -0.39 is 5.97 Å². The Kier molecular flexibility index (Phi) is 3.88. The fourth-order valence-electron chi connectivity index (χ4n) is 0.441. The van der Waals surface area contributed by atoms with E-state index in [-0.39, 0.29) is 12.2 Å². The molecule has 11 heavy (non-hydrogen) atoms. The largest absolute Gasteiger partial charge is 0.478 e. The molecule has 0 bridgehead atoms. The molecule has 0 aliphatic heterocycles. The van der Waals surface area contributed by atoms with Gasteiger partial charge >= 0.3 is 5.97 Å². The zero-order valence-corrected chi connectivity index (χ0v) is 6.33. The highest BCUT2D eigenvalue weighted by Crippen LogP contribution is 1.95. The van der Waals surface area contributed by atoms with Gasteiger partial charge in [-0.15, -0.1) is 0 Å². The molecule has 0 amide bonds. The minimum Gasteiger partial charge on any atom is -0.478 e. The summed E-state index contributed by atoms with van der Waals surface area (Å²) in [7, 11) is 0. The number of carbonyl (C=O) groups is 2. The number of carboxylic acid groups (broad SMARTS) is 1. The number of carboxylic acids is 1. The monoisotopic (exact) mass is 154 g/mol. The second kappa shape index (κ2) is 4.44. The Balaban J connectivity index is 3.80. The molecule has 0 fully saturated rings. The molecule has 0 saturated carbocycles. The third-order valence-corrected chi connectivity index (χ3v) is 1.04. The van der Waals surface area contributed by atoms with Gasteiger partial charge in [0.1, 0.15) is 0 Å². The highest BCUT2D eigenvalue weighted by molar-refractivity contribution is 5.95. The van der Waals surface area contributed by atoms with Gasteiger partial charge in [0.15, 0.2) is 5.78 Å². The predicted molar refractivity (Wildman–Crippen MR) is 41.2 cm³/mol. The topological polar surface area (TPSA) is 54.4 Å². The number of hydrogen-bond acceptors (Lipinski definition) is 2. The first-order valence-corrected chi connectivity index (χ1v) is 3.12. The number of Topliss-reactive ketones (excluding diaryl/α,β-unsaturated/α-hetero) is 1. The molecule has 0 saturated heterocycles. The Bertz CT molecular complexity index is 213. The van der Waals surface area contributed by atoms with Crippen LogP contribution in [0.1, 0.15) is 13.3 Å². The van der Waals surface area contributed by atoms with E-state index >= 15 is 0 Å². The summed E-state index contributed by atoms with van der Waals surface area (Å²) in [6.07, 6.45) is 2.36. The van der Waals surface area contributed by atoms with Gasteiger partial charge in [-0.1, -0.05) is 12.7 Å². The Hall–Kier alpha value is -1.38. The third kappa shape index (κ3) is 5.08. The van der Waals surface area contributed by atoms with Gasteiger partial charge in [0.2, 0.25) is 0 Å². The molecule has 0 spiro atoms. The molecular weight excluding hydrogens is 144 g/mol. The van der Waals surface area contributed by atoms with Crippen molar-refractivity contribution >= 4 is 11.8 Å². The summed E-state index contributed by atoms with van der Waals surface area (Å²) < 4.78 is 0. The van der Waals surface area contributed by atoms with Crippen molar-refractivity contribution in [3.05, 3.63) is 24.3 Å². The molecule has 0 aliphatic carbocycles. The van der Waals surface area contributed by atoms with Crippen LogP contribution in [0, 0.1) is 0 Å². The lowest BCUT2D eigenvalue weighted by Gasteiger charge is -1.90. The molecule has 3 nitrogen and oxygen atoms in total. The maximum atomic E-state index is 10.8. The lowest BCUT2D eigenvalue weighted by Crippen LogP contribution is -1.96. The molecule has 0 radical (unpaired) electrons. The fourth-order valence-corrected chi connectivity index (χ4v) is 0.441. The summed E-state index contributed by atoms with van der Waals surface area (Å²) in [5, 5.41) is 8.14. The number of carbonyl (C=O) groups excluding carboxylic acids is 1. The molecule has 0 unspecified atom stereocenters. The first kappa shape index (κ1) is 9.62. The van der Waals surface area contributed by atoms with Gasteiger partial charge < -0.3 is 5.11 Å². The summed E-state index contributed by atoms with van der Waals surface area (Å²) in [6.45, 7) is 5.02. The highest BCUT2D eigenvalue weighted by Gasteiger charge is 1.97. The molecule has 0 rings (SSSR count). The van der Waals surface area contributed by atoms with Gasteiger partial charge in [0.25, 0.3) is 0 Å². The van der Waals surface area contributed by atoms with Crippen LogP contribution in [0.5, 0.6) is 0 Å². The van der Waals surface area contributed by atoms with Crippen LogP contribution in [0.2, 0.25) is 0 Å². The summed E-state index contributed by atoms with van der Waals surface area (Å²) in [5.74, 6) is -1.18. The van der Waals surface area contributed by atoms with Crippen LogP contribution in [0.15, 0.2) is 24.3 Å². The Morgan fingerprint density at radius 3 is 2.45 bits per heavy atom. The van der Waals surface area contributed by atoms with Gasteiger partial charge in [0.05, 0.1) is 0 Å². The van der Waals surface area contributed by atoms with E-state index in [9.17, 15) is 9.59 Å². The zero-order chi connectivity index (χ0) is 8.85. The molecule has 0 aromatic carbocycles. The summed E-state index contributed by atoms with van der Waals surface area (Å²) >= 11 is 0. The van der Waals surface area contributed by atoms with E-state index in [1.807, 2.05) is 0 Å². The average molecular weight is 154 g/mol. The number of allylic oxidation sites excluding steroid dienone is 2. The zero-order valence-electron chi connectivity index (χ0n) is 6.33. The van der Waals surface area contributed by atoms with Crippen LogP contribution in [0.25, 0.3) is 0 Å². The standard InChI is InChI=1S/C8H10O3/c1-6(2)7(9)4-3-5-8(10)11/h3,5H,1,4H2,2H3,(H,10,11). The molecular formula is C8H10O3. The third-order valence-electron chi connectivity index (χ3n) is 1.04. The van der Waals surface area contributed by atoms with Gasteiger partial charge in [0, 0.05) is 12.5 Å². The van der Waals surface area contributed by atoms with E-state index in [2.05, 4.69) is 6.58 Å². The molecule has 60 valence electrons. The second-order valence-corrected chi connectivity index (χ2v) is 2.15. The molecule has 0 aliphatic rings. The average Bonchev–Trinajstić information content (AvgIpc) is 1.86. The maximum Gasteiger partial charge on any atom is 0.327 e. The molecule has 0 atom stereocenters. The summed E-state index contributed by atoms with van der Waals surface area (Å²) in [6, 6.07) is 0. The van der Waals surface area contributed by atoms with Crippen LogP contribution in [-0.2, 0) is 9.59 Å². The van der Waals surface area contributed by atoms with Gasteiger partial charge in [-0.3, -0.25) is 4.79 Å². The first-order chi connectivity index (χ1) is 5.04. The predicted octanol–water partition coefficient (Wildman–Crippen LogP) is 1.16. The normalized spacial score (nSPS) is 9.91. The van der Waals surface area contributed by atoms with Gasteiger partial charge in [-0.25, -0.2) is 4.79 Å². The smallest absolute Gasteiger partial charge is 0.327 e. The lowest BCUT2D eigenvalue weighted by molar-refractivity contribution is -0.131. The molecule has 1 N–H and O–H groups in total. The fraction of sp³-hybridized carbons (Fsp3) is 0.250. The molecule has 3 heteroatoms. The van der Waals surface area contributed by atoms with Gasteiger partial charge in [-0.2, -0.15) is 0 Å². The van der Waals surface area contributed by atoms with E-state index in [1.165, 1.54) is 6.08 Å². The minimum atomic E-state index is -1.04. The van der Waals surface area contributed by atoms with Crippen LogP contribution in [-0.4, -0.2) is 16.9 Å². The van der Waals surface area contributed by atoms with Crippen molar-refractivity contribution in [2.45, 2.75) is 13.3 Å². The van der Waals surface area contributed by atoms with Crippen LogP contribution in [0.3, 0.4) is 0 Å². The first-order valence-electron chi connectivity index (χ1n) is 3.12. The molecule has 0 heterocycles. The van der Waals surface area contributed by atoms with E-state index in [1.54, 1.807) is 6.92 Å². The Morgan fingerprint density at radius 2 is 2.09 bits per heavy atom. The van der Waals surface area contributed by atoms with Crippen LogP contribution < -0.4 is 0 Å². The van der Waals surface area contributed by atoms with E-state index in [0.717, 1.165) is 6.08 Å². The van der Waals surface area contributed by atoms with Crippen molar-refractivity contribution in [1.82, 2.24) is 0 Å².